The Labute approximate surface area is 229 Å². The third kappa shape index (κ3) is 6.47. The zero-order valence-electron chi connectivity index (χ0n) is 20.7. The molecule has 3 atom stereocenters. The number of sulfonamides is 1. The summed E-state index contributed by atoms with van der Waals surface area (Å²) in [6.45, 7) is 3.43. The predicted octanol–water partition coefficient (Wildman–Crippen LogP) is 4.59. The molecule has 0 aliphatic carbocycles. The molecule has 2 aliphatic heterocycles. The fourth-order valence-electron chi connectivity index (χ4n) is 4.86. The van der Waals surface area contributed by atoms with Crippen molar-refractivity contribution in [2.24, 2.45) is 5.92 Å². The molecule has 2 fully saturated rings. The number of alkyl halides is 3. The van der Waals surface area contributed by atoms with E-state index in [4.69, 9.17) is 27.9 Å². The molecular formula is C24H27Cl2F3N4O4S. The highest BCUT2D eigenvalue weighted by molar-refractivity contribution is 7.88. The van der Waals surface area contributed by atoms with Gasteiger partial charge in [0.25, 0.3) is 0 Å². The molecule has 38 heavy (non-hydrogen) atoms. The summed E-state index contributed by atoms with van der Waals surface area (Å²) in [7, 11) is -3.33. The molecule has 0 bridgehead atoms. The Hall–Kier alpha value is -2.28. The largest absolute Gasteiger partial charge is 0.474 e. The molecule has 1 unspecified atom stereocenters. The number of carbonyl (C=O) groups is 1. The number of ether oxygens (including phenoxy) is 1. The molecule has 14 heteroatoms. The zero-order chi connectivity index (χ0) is 27.8. The van der Waals surface area contributed by atoms with E-state index in [2.05, 4.69) is 4.98 Å². The number of urea groups is 1. The second-order valence-corrected chi connectivity index (χ2v) is 12.3. The summed E-state index contributed by atoms with van der Waals surface area (Å²) in [5.41, 5.74) is -0.0304. The Morgan fingerprint density at radius 1 is 1.05 bits per heavy atom. The summed E-state index contributed by atoms with van der Waals surface area (Å²) in [6, 6.07) is 7.11. The highest BCUT2D eigenvalue weighted by Crippen LogP contribution is 2.39. The van der Waals surface area contributed by atoms with Crippen LogP contribution in [-0.4, -0.2) is 85.2 Å². The van der Waals surface area contributed by atoms with Gasteiger partial charge in [0.1, 0.15) is 6.10 Å². The SMILES string of the molecule is C[C@H](Oc1ccc(C(F)(F)F)cn1)[C@H]1CN(C(=O)N2CCN(S(C)(=O)=O)CC2)CC1c1ccc(Cl)c(Cl)c1. The standard InChI is InChI=1S/C24H27Cl2F3N4O4S/c1-15(37-22-6-4-17(12-30-22)24(27,28)29)18-13-32(14-19(18)16-3-5-20(25)21(26)11-16)23(34)31-7-9-33(10-8-31)38(2,35)36/h3-6,11-12,15,18-19H,7-10,13-14H2,1-2H3/t15-,18+,19?/m0/s1. The Morgan fingerprint density at radius 2 is 1.74 bits per heavy atom. The van der Waals surface area contributed by atoms with Crippen molar-refractivity contribution in [3.05, 3.63) is 57.7 Å². The quantitative estimate of drug-likeness (QED) is 0.506. The first-order chi connectivity index (χ1) is 17.7. The van der Waals surface area contributed by atoms with Crippen LogP contribution in [0.2, 0.25) is 10.0 Å². The molecule has 2 aliphatic rings. The number of rotatable bonds is 5. The van der Waals surface area contributed by atoms with Crippen LogP contribution in [0.4, 0.5) is 18.0 Å². The van der Waals surface area contributed by atoms with Gasteiger partial charge in [0.05, 0.1) is 21.9 Å². The molecular weight excluding hydrogens is 568 g/mol. The second-order valence-electron chi connectivity index (χ2n) is 9.49. The van der Waals surface area contributed by atoms with Gasteiger partial charge in [-0.3, -0.25) is 0 Å². The molecule has 2 saturated heterocycles. The van der Waals surface area contributed by atoms with Crippen molar-refractivity contribution in [1.29, 1.82) is 0 Å². The molecule has 2 amide bonds. The first kappa shape index (κ1) is 28.7. The molecule has 1 aromatic carbocycles. The molecule has 208 valence electrons. The minimum atomic E-state index is -4.50. The lowest BCUT2D eigenvalue weighted by molar-refractivity contribution is -0.137. The normalized spacial score (nSPS) is 22.0. The van der Waals surface area contributed by atoms with E-state index in [1.807, 2.05) is 6.07 Å². The first-order valence-corrected chi connectivity index (χ1v) is 14.5. The molecule has 0 radical (unpaired) electrons. The second kappa shape index (κ2) is 11.1. The van der Waals surface area contributed by atoms with Crippen molar-refractivity contribution in [3.63, 3.8) is 0 Å². The van der Waals surface area contributed by atoms with Crippen LogP contribution >= 0.6 is 23.2 Å². The predicted molar refractivity (Wildman–Crippen MR) is 137 cm³/mol. The number of likely N-dealkylation sites (tertiary alicyclic amines) is 1. The van der Waals surface area contributed by atoms with Crippen molar-refractivity contribution < 1.29 is 31.1 Å². The Kier molecular flexibility index (Phi) is 8.37. The maximum atomic E-state index is 13.4. The number of halogens is 5. The molecule has 8 nitrogen and oxygen atoms in total. The van der Waals surface area contributed by atoms with E-state index in [9.17, 15) is 26.4 Å². The summed E-state index contributed by atoms with van der Waals surface area (Å²) >= 11 is 12.4. The van der Waals surface area contributed by atoms with E-state index < -0.39 is 27.9 Å². The van der Waals surface area contributed by atoms with Gasteiger partial charge in [-0.05, 0) is 30.7 Å². The molecule has 0 saturated carbocycles. The van der Waals surface area contributed by atoms with Crippen LogP contribution in [0.1, 0.15) is 24.0 Å². The fraction of sp³-hybridized carbons (Fsp3) is 0.500. The summed E-state index contributed by atoms with van der Waals surface area (Å²) in [4.78, 5) is 20.5. The molecule has 4 rings (SSSR count). The highest BCUT2D eigenvalue weighted by atomic mass is 35.5. The molecule has 0 spiro atoms. The van der Waals surface area contributed by atoms with Crippen molar-refractivity contribution in [2.75, 3.05) is 45.5 Å². The van der Waals surface area contributed by atoms with Gasteiger partial charge in [-0.2, -0.15) is 17.5 Å². The van der Waals surface area contributed by atoms with Crippen molar-refractivity contribution in [2.45, 2.75) is 25.1 Å². The molecule has 1 aromatic heterocycles. The number of piperazine rings is 1. The molecule has 0 N–H and O–H groups in total. The Balaban J connectivity index is 1.52. The number of carbonyl (C=O) groups excluding carboxylic acids is 1. The maximum Gasteiger partial charge on any atom is 0.417 e. The van der Waals surface area contributed by atoms with Crippen LogP contribution in [0.5, 0.6) is 5.88 Å². The van der Waals surface area contributed by atoms with Gasteiger partial charge in [-0.15, -0.1) is 0 Å². The summed E-state index contributed by atoms with van der Waals surface area (Å²) in [6.07, 6.45) is -3.16. The number of nitrogens with zero attached hydrogens (tertiary/aromatic N) is 4. The van der Waals surface area contributed by atoms with E-state index in [1.165, 1.54) is 10.4 Å². The van der Waals surface area contributed by atoms with Gasteiger partial charge in [0.15, 0.2) is 0 Å². The van der Waals surface area contributed by atoms with Gasteiger partial charge in [-0.25, -0.2) is 18.2 Å². The van der Waals surface area contributed by atoms with Crippen molar-refractivity contribution in [3.8, 4) is 5.88 Å². The van der Waals surface area contributed by atoms with Gasteiger partial charge in [0, 0.05) is 63.4 Å². The number of aromatic nitrogens is 1. The van der Waals surface area contributed by atoms with E-state index in [-0.39, 0.29) is 49.9 Å². The number of benzene rings is 1. The third-order valence-corrected chi connectivity index (χ3v) is 9.00. The van der Waals surface area contributed by atoms with Gasteiger partial charge < -0.3 is 14.5 Å². The Morgan fingerprint density at radius 3 is 2.29 bits per heavy atom. The highest BCUT2D eigenvalue weighted by Gasteiger charge is 2.42. The lowest BCUT2D eigenvalue weighted by Crippen LogP contribution is -2.53. The van der Waals surface area contributed by atoms with Crippen molar-refractivity contribution in [1.82, 2.24) is 19.1 Å². The van der Waals surface area contributed by atoms with Crippen LogP contribution in [-0.2, 0) is 16.2 Å². The lowest BCUT2D eigenvalue weighted by atomic mass is 9.86. The smallest absolute Gasteiger partial charge is 0.417 e. The topological polar surface area (TPSA) is 83.1 Å². The van der Waals surface area contributed by atoms with Crippen LogP contribution in [0.3, 0.4) is 0 Å². The number of pyridine rings is 1. The lowest BCUT2D eigenvalue weighted by Gasteiger charge is -2.35. The van der Waals surface area contributed by atoms with Crippen LogP contribution < -0.4 is 4.74 Å². The molecule has 2 aromatic rings. The van der Waals surface area contributed by atoms with E-state index in [0.29, 0.717) is 23.1 Å². The number of hydrogen-bond donors (Lipinski definition) is 0. The monoisotopic (exact) mass is 594 g/mol. The fourth-order valence-corrected chi connectivity index (χ4v) is 6.00. The van der Waals surface area contributed by atoms with Crippen molar-refractivity contribution >= 4 is 39.3 Å². The Bertz CT molecular complexity index is 1270. The minimum absolute atomic E-state index is 0.0417. The maximum absolute atomic E-state index is 13.4. The summed E-state index contributed by atoms with van der Waals surface area (Å²) in [5.74, 6) is -0.395. The summed E-state index contributed by atoms with van der Waals surface area (Å²) in [5, 5.41) is 0.752. The average Bonchev–Trinajstić information content (AvgIpc) is 3.30. The third-order valence-electron chi connectivity index (χ3n) is 6.96. The van der Waals surface area contributed by atoms with Gasteiger partial charge >= 0.3 is 12.2 Å². The van der Waals surface area contributed by atoms with E-state index in [0.717, 1.165) is 24.1 Å². The number of hydrogen-bond acceptors (Lipinski definition) is 5. The molecule has 3 heterocycles. The van der Waals surface area contributed by atoms with Crippen LogP contribution in [0, 0.1) is 5.92 Å². The van der Waals surface area contributed by atoms with E-state index >= 15 is 0 Å². The minimum Gasteiger partial charge on any atom is -0.474 e. The zero-order valence-corrected chi connectivity index (χ0v) is 23.0. The van der Waals surface area contributed by atoms with Gasteiger partial charge in [-0.1, -0.05) is 29.3 Å². The van der Waals surface area contributed by atoms with Crippen LogP contribution in [0.25, 0.3) is 0 Å². The van der Waals surface area contributed by atoms with Gasteiger partial charge in [0.2, 0.25) is 15.9 Å². The van der Waals surface area contributed by atoms with E-state index in [1.54, 1.807) is 28.9 Å². The number of amides is 2. The first-order valence-electron chi connectivity index (χ1n) is 11.9. The average molecular weight is 595 g/mol. The van der Waals surface area contributed by atoms with Crippen LogP contribution in [0.15, 0.2) is 36.5 Å². The summed E-state index contributed by atoms with van der Waals surface area (Å²) < 4.78 is 69.6.